The highest BCUT2D eigenvalue weighted by molar-refractivity contribution is 7.91. The molecule has 1 saturated heterocycles. The van der Waals surface area contributed by atoms with E-state index in [0.717, 1.165) is 5.56 Å². The summed E-state index contributed by atoms with van der Waals surface area (Å²) in [5.74, 6) is -0.371. The van der Waals surface area contributed by atoms with E-state index in [2.05, 4.69) is 0 Å². The average molecular weight is 273 g/mol. The fourth-order valence-electron chi connectivity index (χ4n) is 2.13. The van der Waals surface area contributed by atoms with Gasteiger partial charge in [-0.2, -0.15) is 0 Å². The zero-order valence-corrected chi connectivity index (χ0v) is 11.0. The highest BCUT2D eigenvalue weighted by Crippen LogP contribution is 2.25. The fraction of sp³-hybridized carbons (Fsp3) is 0.417. The van der Waals surface area contributed by atoms with Gasteiger partial charge in [0, 0.05) is 16.5 Å². The Labute approximate surface area is 106 Å². The lowest BCUT2D eigenvalue weighted by Gasteiger charge is -2.09. The molecule has 0 amide bonds. The summed E-state index contributed by atoms with van der Waals surface area (Å²) in [5.41, 5.74) is 1.38. The van der Waals surface area contributed by atoms with Gasteiger partial charge in [0.1, 0.15) is 0 Å². The molecule has 1 aromatic rings. The van der Waals surface area contributed by atoms with Gasteiger partial charge in [-0.25, -0.2) is 8.42 Å². The number of carbonyl (C=O) groups excluding carboxylic acids is 1. The molecule has 5 heteroatoms. The Morgan fingerprint density at radius 3 is 2.65 bits per heavy atom. The molecule has 0 spiro atoms. The van der Waals surface area contributed by atoms with Gasteiger partial charge in [-0.05, 0) is 37.1 Å². The number of ketones is 1. The number of hydrogen-bond acceptors (Lipinski definition) is 3. The molecule has 0 aromatic heterocycles. The van der Waals surface area contributed by atoms with Crippen LogP contribution >= 0.6 is 11.6 Å². The molecule has 1 unspecified atom stereocenters. The van der Waals surface area contributed by atoms with Crippen molar-refractivity contribution in [2.24, 2.45) is 5.92 Å². The zero-order valence-electron chi connectivity index (χ0n) is 9.44. The Balaban J connectivity index is 2.27. The van der Waals surface area contributed by atoms with Crippen LogP contribution in [-0.2, 0) is 9.84 Å². The molecule has 0 aliphatic carbocycles. The van der Waals surface area contributed by atoms with Crippen LogP contribution in [0.2, 0.25) is 5.02 Å². The van der Waals surface area contributed by atoms with Crippen LogP contribution in [0, 0.1) is 12.8 Å². The summed E-state index contributed by atoms with van der Waals surface area (Å²) < 4.78 is 22.7. The number of halogens is 1. The maximum atomic E-state index is 12.2. The van der Waals surface area contributed by atoms with Gasteiger partial charge < -0.3 is 0 Å². The van der Waals surface area contributed by atoms with Crippen LogP contribution in [0.3, 0.4) is 0 Å². The van der Waals surface area contributed by atoms with Crippen LogP contribution in [0.25, 0.3) is 0 Å². The minimum Gasteiger partial charge on any atom is -0.294 e. The molecule has 0 N–H and O–H groups in total. The van der Waals surface area contributed by atoms with Crippen molar-refractivity contribution in [1.82, 2.24) is 0 Å². The van der Waals surface area contributed by atoms with Crippen LogP contribution in [0.4, 0.5) is 0 Å². The summed E-state index contributed by atoms with van der Waals surface area (Å²) in [7, 11) is -3.02. The standard InChI is InChI=1S/C12H13ClO3S/c1-8-6-10(13)2-3-11(8)12(14)9-4-5-17(15,16)7-9/h2-3,6,9H,4-5,7H2,1H3. The van der Waals surface area contributed by atoms with Crippen molar-refractivity contribution in [2.75, 3.05) is 11.5 Å². The maximum Gasteiger partial charge on any atom is 0.167 e. The normalized spacial score (nSPS) is 22.6. The summed E-state index contributed by atoms with van der Waals surface area (Å²) in [6.45, 7) is 1.81. The van der Waals surface area contributed by atoms with Crippen molar-refractivity contribution >= 4 is 27.2 Å². The molecule has 17 heavy (non-hydrogen) atoms. The summed E-state index contributed by atoms with van der Waals surface area (Å²) in [5, 5.41) is 0.582. The first-order chi connectivity index (χ1) is 7.89. The lowest BCUT2D eigenvalue weighted by molar-refractivity contribution is 0.0932. The first-order valence-corrected chi connectivity index (χ1v) is 7.60. The van der Waals surface area contributed by atoms with Crippen molar-refractivity contribution in [3.8, 4) is 0 Å². The van der Waals surface area contributed by atoms with E-state index >= 15 is 0 Å². The van der Waals surface area contributed by atoms with Gasteiger partial charge in [0.15, 0.2) is 15.6 Å². The number of carbonyl (C=O) groups is 1. The molecule has 1 heterocycles. The molecule has 2 rings (SSSR count). The van der Waals surface area contributed by atoms with Gasteiger partial charge in [-0.15, -0.1) is 0 Å². The molecular weight excluding hydrogens is 260 g/mol. The van der Waals surface area contributed by atoms with Gasteiger partial charge in [0.05, 0.1) is 11.5 Å². The van der Waals surface area contributed by atoms with E-state index in [-0.39, 0.29) is 23.2 Å². The van der Waals surface area contributed by atoms with Crippen molar-refractivity contribution in [1.29, 1.82) is 0 Å². The Hall–Kier alpha value is -0.870. The average Bonchev–Trinajstić information content (AvgIpc) is 2.58. The molecule has 0 radical (unpaired) electrons. The monoisotopic (exact) mass is 272 g/mol. The Kier molecular flexibility index (Phi) is 3.27. The number of rotatable bonds is 2. The lowest BCUT2D eigenvalue weighted by atomic mass is 9.94. The zero-order chi connectivity index (χ0) is 12.6. The molecular formula is C12H13ClO3S. The van der Waals surface area contributed by atoms with Crippen LogP contribution in [-0.4, -0.2) is 25.7 Å². The number of hydrogen-bond donors (Lipinski definition) is 0. The van der Waals surface area contributed by atoms with E-state index in [1.165, 1.54) is 0 Å². The molecule has 1 aliphatic rings. The van der Waals surface area contributed by atoms with Gasteiger partial charge in [0.25, 0.3) is 0 Å². The van der Waals surface area contributed by atoms with E-state index in [1.807, 2.05) is 6.92 Å². The third-order valence-electron chi connectivity index (χ3n) is 3.06. The van der Waals surface area contributed by atoms with E-state index < -0.39 is 9.84 Å². The van der Waals surface area contributed by atoms with Crippen LogP contribution < -0.4 is 0 Å². The molecule has 1 fully saturated rings. The first-order valence-electron chi connectivity index (χ1n) is 5.40. The number of benzene rings is 1. The second kappa shape index (κ2) is 4.42. The molecule has 0 saturated carbocycles. The van der Waals surface area contributed by atoms with E-state index in [9.17, 15) is 13.2 Å². The quantitative estimate of drug-likeness (QED) is 0.776. The molecule has 1 aromatic carbocycles. The summed E-state index contributed by atoms with van der Waals surface area (Å²) in [4.78, 5) is 12.2. The minimum absolute atomic E-state index is 0.0199. The van der Waals surface area contributed by atoms with E-state index in [1.54, 1.807) is 18.2 Å². The summed E-state index contributed by atoms with van der Waals surface area (Å²) in [6, 6.07) is 5.05. The number of sulfone groups is 1. The Morgan fingerprint density at radius 2 is 2.12 bits per heavy atom. The SMILES string of the molecule is Cc1cc(Cl)ccc1C(=O)C1CCS(=O)(=O)C1. The summed E-state index contributed by atoms with van der Waals surface area (Å²) >= 11 is 5.82. The van der Waals surface area contributed by atoms with Crippen molar-refractivity contribution in [3.63, 3.8) is 0 Å². The highest BCUT2D eigenvalue weighted by Gasteiger charge is 2.33. The van der Waals surface area contributed by atoms with Gasteiger partial charge in [-0.1, -0.05) is 11.6 Å². The molecule has 1 atom stereocenters. The predicted octanol–water partition coefficient (Wildman–Crippen LogP) is 2.27. The van der Waals surface area contributed by atoms with Crippen LogP contribution in [0.5, 0.6) is 0 Å². The highest BCUT2D eigenvalue weighted by atomic mass is 35.5. The molecule has 0 bridgehead atoms. The van der Waals surface area contributed by atoms with Gasteiger partial charge in [0.2, 0.25) is 0 Å². The topological polar surface area (TPSA) is 51.2 Å². The second-order valence-corrected chi connectivity index (χ2v) is 7.09. The van der Waals surface area contributed by atoms with Crippen LogP contribution in [0.15, 0.2) is 18.2 Å². The maximum absolute atomic E-state index is 12.2. The smallest absolute Gasteiger partial charge is 0.167 e. The Bertz CT molecular complexity index is 563. The Morgan fingerprint density at radius 1 is 1.41 bits per heavy atom. The van der Waals surface area contributed by atoms with E-state index in [0.29, 0.717) is 17.0 Å². The lowest BCUT2D eigenvalue weighted by Crippen LogP contribution is -2.17. The largest absolute Gasteiger partial charge is 0.294 e. The van der Waals surface area contributed by atoms with Crippen LogP contribution in [0.1, 0.15) is 22.3 Å². The first kappa shape index (κ1) is 12.6. The minimum atomic E-state index is -3.02. The third kappa shape index (κ3) is 2.69. The van der Waals surface area contributed by atoms with Gasteiger partial charge in [-0.3, -0.25) is 4.79 Å². The summed E-state index contributed by atoms with van der Waals surface area (Å²) in [6.07, 6.45) is 0.434. The van der Waals surface area contributed by atoms with Crippen molar-refractivity contribution in [3.05, 3.63) is 34.3 Å². The number of Topliss-reactive ketones (excluding diaryl/α,β-unsaturated/α-hetero) is 1. The fourth-order valence-corrected chi connectivity index (χ4v) is 4.09. The van der Waals surface area contributed by atoms with Crippen molar-refractivity contribution < 1.29 is 13.2 Å². The predicted molar refractivity (Wildman–Crippen MR) is 67.3 cm³/mol. The van der Waals surface area contributed by atoms with Gasteiger partial charge >= 0.3 is 0 Å². The van der Waals surface area contributed by atoms with E-state index in [4.69, 9.17) is 11.6 Å². The third-order valence-corrected chi connectivity index (χ3v) is 5.06. The molecule has 3 nitrogen and oxygen atoms in total. The molecule has 1 aliphatic heterocycles. The number of aryl methyl sites for hydroxylation is 1. The van der Waals surface area contributed by atoms with Crippen molar-refractivity contribution in [2.45, 2.75) is 13.3 Å². The molecule has 92 valence electrons. The second-order valence-electron chi connectivity index (χ2n) is 4.42.